The van der Waals surface area contributed by atoms with Crippen molar-refractivity contribution in [3.8, 4) is 0 Å². The first-order valence-electron chi connectivity index (χ1n) is 9.31. The summed E-state index contributed by atoms with van der Waals surface area (Å²) in [7, 11) is -5.23. The molecule has 0 heterocycles. The van der Waals surface area contributed by atoms with E-state index in [0.717, 1.165) is 24.3 Å². The summed E-state index contributed by atoms with van der Waals surface area (Å²) in [5, 5.41) is 23.0. The predicted octanol–water partition coefficient (Wildman–Crippen LogP) is -0.698. The quantitative estimate of drug-likeness (QED) is 0.101. The van der Waals surface area contributed by atoms with E-state index >= 15 is 0 Å². The maximum Gasteiger partial charge on any atom is 1.00 e. The SMILES string of the molecule is Nc1c(S(=O)(=O)[O-])cc(Nc2ccc([N+](=O)[O-])cc2C(=O)O)c2c1C(=O)c1ccccc1C2=O.[Na+]. The Hall–Kier alpha value is -3.62. The number of nitrogens with two attached hydrogens (primary N) is 1. The van der Waals surface area contributed by atoms with Gasteiger partial charge in [-0.3, -0.25) is 19.7 Å². The number of hydrogen-bond donors (Lipinski definition) is 3. The van der Waals surface area contributed by atoms with Crippen LogP contribution in [0.5, 0.6) is 0 Å². The molecule has 0 saturated carbocycles. The first kappa shape index (κ1) is 26.0. The second-order valence-corrected chi connectivity index (χ2v) is 8.51. The number of rotatable bonds is 5. The van der Waals surface area contributed by atoms with Crippen LogP contribution < -0.4 is 40.6 Å². The number of aromatic carboxylic acids is 1. The fraction of sp³-hybridized carbons (Fsp3) is 0. The number of nitrogens with one attached hydrogen (secondary N) is 1. The first-order chi connectivity index (χ1) is 15.9. The van der Waals surface area contributed by atoms with Crippen molar-refractivity contribution in [2.75, 3.05) is 11.1 Å². The largest absolute Gasteiger partial charge is 1.00 e. The first-order valence-corrected chi connectivity index (χ1v) is 10.7. The van der Waals surface area contributed by atoms with Crippen molar-refractivity contribution < 1.29 is 66.9 Å². The zero-order valence-corrected chi connectivity index (χ0v) is 20.6. The molecule has 0 fully saturated rings. The van der Waals surface area contributed by atoms with Crippen LogP contribution in [0.4, 0.5) is 22.7 Å². The summed E-state index contributed by atoms with van der Waals surface area (Å²) >= 11 is 0. The van der Waals surface area contributed by atoms with Crippen LogP contribution in [0.3, 0.4) is 0 Å². The van der Waals surface area contributed by atoms with E-state index in [2.05, 4.69) is 5.32 Å². The van der Waals surface area contributed by atoms with Crippen molar-refractivity contribution >= 4 is 50.4 Å². The van der Waals surface area contributed by atoms with Gasteiger partial charge < -0.3 is 20.7 Å². The summed E-state index contributed by atoms with van der Waals surface area (Å²) in [6.45, 7) is 0. The number of carboxylic acids is 1. The molecule has 172 valence electrons. The molecule has 1 aliphatic rings. The van der Waals surface area contributed by atoms with Gasteiger partial charge in [-0.1, -0.05) is 24.3 Å². The average Bonchev–Trinajstić information content (AvgIpc) is 2.77. The number of nitrogen functional groups attached to an aromatic ring is 1. The fourth-order valence-corrected chi connectivity index (χ4v) is 4.31. The molecule has 3 aromatic carbocycles. The number of benzene rings is 3. The minimum Gasteiger partial charge on any atom is -0.744 e. The Morgan fingerprint density at radius 2 is 1.54 bits per heavy atom. The molecule has 0 radical (unpaired) electrons. The predicted molar refractivity (Wildman–Crippen MR) is 115 cm³/mol. The van der Waals surface area contributed by atoms with Crippen molar-refractivity contribution in [3.05, 3.63) is 86.5 Å². The number of ketones is 2. The standard InChI is InChI=1S/C21H13N3O9S.Na/c22-18-15(34(31,32)33)8-14(23-13-6-5-9(24(29)30)7-12(13)21(27)28)16-17(18)20(26)11-4-2-1-3-10(11)19(16)25;/h1-8,23H,22H2,(H,27,28)(H,31,32,33);/q;+1/p-1. The summed E-state index contributed by atoms with van der Waals surface area (Å²) in [5.41, 5.74) is 2.39. The maximum atomic E-state index is 13.3. The Labute approximate surface area is 218 Å². The molecule has 12 nitrogen and oxygen atoms in total. The molecule has 0 aromatic heterocycles. The molecule has 4 rings (SSSR count). The topological polar surface area (TPSA) is 210 Å². The molecule has 35 heavy (non-hydrogen) atoms. The van der Waals surface area contributed by atoms with Gasteiger partial charge in [0.15, 0.2) is 11.6 Å². The summed E-state index contributed by atoms with van der Waals surface area (Å²) in [5.74, 6) is -3.11. The van der Waals surface area contributed by atoms with Crippen LogP contribution in [-0.2, 0) is 10.1 Å². The number of anilines is 3. The minimum atomic E-state index is -5.23. The monoisotopic (exact) mass is 505 g/mol. The van der Waals surface area contributed by atoms with Gasteiger partial charge in [-0.2, -0.15) is 0 Å². The molecule has 0 bridgehead atoms. The number of carbonyl (C=O) groups is 3. The van der Waals surface area contributed by atoms with Crippen molar-refractivity contribution in [1.82, 2.24) is 0 Å². The van der Waals surface area contributed by atoms with E-state index < -0.39 is 60.0 Å². The molecular formula is C21H12N3NaO9S. The molecule has 1 aliphatic carbocycles. The molecule has 4 N–H and O–H groups in total. The number of fused-ring (bicyclic) bond motifs is 2. The van der Waals surface area contributed by atoms with Gasteiger partial charge in [-0.15, -0.1) is 0 Å². The van der Waals surface area contributed by atoms with Gasteiger partial charge in [0.2, 0.25) is 0 Å². The Balaban J connectivity index is 0.00000342. The number of nitro groups is 1. The van der Waals surface area contributed by atoms with Gasteiger partial charge in [0.1, 0.15) is 10.1 Å². The van der Waals surface area contributed by atoms with Crippen LogP contribution in [0.25, 0.3) is 0 Å². The Bertz CT molecular complexity index is 1570. The molecule has 14 heteroatoms. The zero-order valence-electron chi connectivity index (χ0n) is 17.8. The molecule has 0 atom stereocenters. The molecule has 0 unspecified atom stereocenters. The van der Waals surface area contributed by atoms with Crippen LogP contribution >= 0.6 is 0 Å². The number of carbonyl (C=O) groups excluding carboxylic acids is 2. The smallest absolute Gasteiger partial charge is 0.744 e. The Morgan fingerprint density at radius 3 is 2.06 bits per heavy atom. The zero-order chi connectivity index (χ0) is 24.9. The van der Waals surface area contributed by atoms with Gasteiger partial charge >= 0.3 is 35.5 Å². The van der Waals surface area contributed by atoms with E-state index in [1.807, 2.05) is 0 Å². The third-order valence-electron chi connectivity index (χ3n) is 5.18. The third kappa shape index (κ3) is 4.42. The van der Waals surface area contributed by atoms with E-state index in [1.54, 1.807) is 0 Å². The summed E-state index contributed by atoms with van der Waals surface area (Å²) in [4.78, 5) is 47.3. The normalized spacial score (nSPS) is 12.3. The molecule has 0 aliphatic heterocycles. The molecule has 0 amide bonds. The van der Waals surface area contributed by atoms with Crippen LogP contribution in [0, 0.1) is 10.1 Å². The van der Waals surface area contributed by atoms with E-state index in [1.165, 1.54) is 24.3 Å². The number of carboxylic acid groups (broad SMARTS) is 1. The molecule has 3 aromatic rings. The van der Waals surface area contributed by atoms with Crippen LogP contribution in [0.1, 0.15) is 42.2 Å². The van der Waals surface area contributed by atoms with Crippen molar-refractivity contribution in [2.45, 2.75) is 4.90 Å². The van der Waals surface area contributed by atoms with Crippen molar-refractivity contribution in [3.63, 3.8) is 0 Å². The van der Waals surface area contributed by atoms with E-state index in [0.29, 0.717) is 0 Å². The second-order valence-electron chi connectivity index (χ2n) is 7.16. The van der Waals surface area contributed by atoms with E-state index in [4.69, 9.17) is 5.73 Å². The number of nitrogens with zero attached hydrogens (tertiary/aromatic N) is 1. The average molecular weight is 505 g/mol. The summed E-state index contributed by atoms with van der Waals surface area (Å²) < 4.78 is 35.5. The van der Waals surface area contributed by atoms with Crippen molar-refractivity contribution in [2.24, 2.45) is 0 Å². The Kier molecular flexibility index (Phi) is 6.83. The minimum absolute atomic E-state index is 0. The van der Waals surface area contributed by atoms with Gasteiger partial charge in [0, 0.05) is 23.3 Å². The Morgan fingerprint density at radius 1 is 0.971 bits per heavy atom. The second kappa shape index (κ2) is 9.20. The van der Waals surface area contributed by atoms with Gasteiger partial charge in [0.05, 0.1) is 43.6 Å². The molecule has 0 spiro atoms. The van der Waals surface area contributed by atoms with Gasteiger partial charge in [0.25, 0.3) is 5.69 Å². The number of nitro benzene ring substituents is 1. The molecule has 0 saturated heterocycles. The van der Waals surface area contributed by atoms with E-state index in [-0.39, 0.29) is 57.6 Å². The maximum absolute atomic E-state index is 13.3. The van der Waals surface area contributed by atoms with Crippen molar-refractivity contribution in [1.29, 1.82) is 0 Å². The molecular weight excluding hydrogens is 493 g/mol. The van der Waals surface area contributed by atoms with Crippen LogP contribution in [-0.4, -0.2) is 40.5 Å². The van der Waals surface area contributed by atoms with Crippen LogP contribution in [0.2, 0.25) is 0 Å². The van der Waals surface area contributed by atoms with E-state index in [9.17, 15) is 42.6 Å². The number of non-ortho nitro benzene ring substituents is 1. The summed E-state index contributed by atoms with van der Waals surface area (Å²) in [6.07, 6.45) is 0. The third-order valence-corrected chi connectivity index (χ3v) is 6.06. The van der Waals surface area contributed by atoms with Gasteiger partial charge in [-0.25, -0.2) is 13.2 Å². The summed E-state index contributed by atoms with van der Waals surface area (Å²) in [6, 6.07) is 9.17. The van der Waals surface area contributed by atoms with Crippen LogP contribution in [0.15, 0.2) is 53.4 Å². The number of hydrogen-bond acceptors (Lipinski definition) is 10. The fourth-order valence-electron chi connectivity index (χ4n) is 3.68. The van der Waals surface area contributed by atoms with Gasteiger partial charge in [-0.05, 0) is 12.1 Å².